The Hall–Kier alpha value is -1.79. The number of hydrogen-bond donors (Lipinski definition) is 2. The van der Waals surface area contributed by atoms with Crippen molar-refractivity contribution in [2.24, 2.45) is 0 Å². The van der Waals surface area contributed by atoms with Crippen LogP contribution in [0.4, 0.5) is 4.79 Å². The van der Waals surface area contributed by atoms with Crippen molar-refractivity contribution in [1.82, 2.24) is 15.5 Å². The van der Waals surface area contributed by atoms with Crippen LogP contribution >= 0.6 is 0 Å². The van der Waals surface area contributed by atoms with Crippen LogP contribution in [0.5, 0.6) is 0 Å². The number of alkyl carbamates (subject to hydrolysis) is 1. The summed E-state index contributed by atoms with van der Waals surface area (Å²) in [5.74, 6) is -0.483. The quantitative estimate of drug-likeness (QED) is 0.778. The Kier molecular flexibility index (Phi) is 4.97. The summed E-state index contributed by atoms with van der Waals surface area (Å²) in [4.78, 5) is 36.7. The molecule has 7 heteroatoms. The van der Waals surface area contributed by atoms with Crippen LogP contribution in [-0.2, 0) is 14.3 Å². The average molecular weight is 285 g/mol. The van der Waals surface area contributed by atoms with E-state index in [1.54, 1.807) is 34.7 Å². The summed E-state index contributed by atoms with van der Waals surface area (Å²) in [5, 5.41) is 5.14. The first kappa shape index (κ1) is 16.3. The Morgan fingerprint density at radius 2 is 2.05 bits per heavy atom. The highest BCUT2D eigenvalue weighted by Crippen LogP contribution is 2.10. The maximum absolute atomic E-state index is 12.2. The van der Waals surface area contributed by atoms with Gasteiger partial charge in [0.05, 0.1) is 0 Å². The standard InChI is InChI=1S/C13H23N3O4/c1-8(15-12(19)20-13(2,3)4)11(18)16(5)9-6-7-14-10(9)17/h8-9H,6-7H2,1-5H3,(H,14,17)(H,15,19)/t8-,9-/m0/s1. The van der Waals surface area contributed by atoms with Gasteiger partial charge in [-0.15, -0.1) is 0 Å². The number of rotatable bonds is 3. The molecular weight excluding hydrogens is 262 g/mol. The van der Waals surface area contributed by atoms with E-state index in [9.17, 15) is 14.4 Å². The second-order valence-electron chi connectivity index (χ2n) is 5.91. The van der Waals surface area contributed by atoms with Gasteiger partial charge in [0.15, 0.2) is 0 Å². The van der Waals surface area contributed by atoms with Crippen LogP contribution in [0.15, 0.2) is 0 Å². The predicted octanol–water partition coefficient (Wildman–Crippen LogP) is 0.246. The summed E-state index contributed by atoms with van der Waals surface area (Å²) in [6.07, 6.45) is -0.0668. The summed E-state index contributed by atoms with van der Waals surface area (Å²) in [7, 11) is 1.56. The lowest BCUT2D eigenvalue weighted by Crippen LogP contribution is -2.51. The molecule has 1 aliphatic rings. The number of nitrogens with zero attached hydrogens (tertiary/aromatic N) is 1. The van der Waals surface area contributed by atoms with E-state index in [1.165, 1.54) is 4.90 Å². The fraction of sp³-hybridized carbons (Fsp3) is 0.769. The first-order valence-corrected chi connectivity index (χ1v) is 6.65. The SMILES string of the molecule is C[C@H](NC(=O)OC(C)(C)C)C(=O)N(C)[C@H]1CCNC1=O. The van der Waals surface area contributed by atoms with E-state index in [1.807, 2.05) is 0 Å². The molecule has 7 nitrogen and oxygen atoms in total. The second-order valence-corrected chi connectivity index (χ2v) is 5.91. The minimum atomic E-state index is -0.747. The van der Waals surface area contributed by atoms with Crippen molar-refractivity contribution in [3.8, 4) is 0 Å². The summed E-state index contributed by atoms with van der Waals surface area (Å²) >= 11 is 0. The van der Waals surface area contributed by atoms with Crippen LogP contribution in [0.25, 0.3) is 0 Å². The lowest BCUT2D eigenvalue weighted by molar-refractivity contribution is -0.138. The van der Waals surface area contributed by atoms with E-state index in [2.05, 4.69) is 10.6 Å². The molecule has 1 fully saturated rings. The fourth-order valence-corrected chi connectivity index (χ4v) is 1.96. The molecule has 2 atom stereocenters. The molecule has 1 saturated heterocycles. The number of nitrogens with one attached hydrogen (secondary N) is 2. The second kappa shape index (κ2) is 6.11. The monoisotopic (exact) mass is 285 g/mol. The largest absolute Gasteiger partial charge is 0.444 e. The van der Waals surface area contributed by atoms with Crippen molar-refractivity contribution in [2.45, 2.75) is 51.8 Å². The molecular formula is C13H23N3O4. The summed E-state index contributed by atoms with van der Waals surface area (Å²) < 4.78 is 5.08. The Balaban J connectivity index is 2.54. The molecule has 1 aliphatic heterocycles. The third-order valence-electron chi connectivity index (χ3n) is 2.94. The highest BCUT2D eigenvalue weighted by Gasteiger charge is 2.33. The van der Waals surface area contributed by atoms with Crippen LogP contribution in [0.3, 0.4) is 0 Å². The van der Waals surface area contributed by atoms with E-state index in [4.69, 9.17) is 4.74 Å². The highest BCUT2D eigenvalue weighted by atomic mass is 16.6. The highest BCUT2D eigenvalue weighted by molar-refractivity contribution is 5.91. The molecule has 2 N–H and O–H groups in total. The molecule has 0 spiro atoms. The van der Waals surface area contributed by atoms with Gasteiger partial charge in [0.2, 0.25) is 11.8 Å². The number of ether oxygens (including phenoxy) is 1. The van der Waals surface area contributed by atoms with Crippen LogP contribution in [0, 0.1) is 0 Å². The first-order chi connectivity index (χ1) is 9.11. The molecule has 114 valence electrons. The van der Waals surface area contributed by atoms with Gasteiger partial charge in [-0.3, -0.25) is 9.59 Å². The van der Waals surface area contributed by atoms with Gasteiger partial charge in [0, 0.05) is 13.6 Å². The number of likely N-dealkylation sites (N-methyl/N-ethyl adjacent to an activating group) is 1. The van der Waals surface area contributed by atoms with E-state index < -0.39 is 23.8 Å². The average Bonchev–Trinajstić information content (AvgIpc) is 2.70. The Morgan fingerprint density at radius 3 is 2.50 bits per heavy atom. The van der Waals surface area contributed by atoms with Crippen molar-refractivity contribution >= 4 is 17.9 Å². The Morgan fingerprint density at radius 1 is 1.45 bits per heavy atom. The van der Waals surface area contributed by atoms with Crippen molar-refractivity contribution in [3.63, 3.8) is 0 Å². The zero-order chi connectivity index (χ0) is 15.5. The summed E-state index contributed by atoms with van der Waals surface area (Å²) in [6, 6.07) is -1.21. The van der Waals surface area contributed by atoms with Gasteiger partial charge in [-0.05, 0) is 34.1 Å². The van der Waals surface area contributed by atoms with Crippen LogP contribution < -0.4 is 10.6 Å². The lowest BCUT2D eigenvalue weighted by atomic mass is 10.2. The summed E-state index contributed by atoms with van der Waals surface area (Å²) in [6.45, 7) is 7.36. The van der Waals surface area contributed by atoms with Gasteiger partial charge in [0.1, 0.15) is 17.7 Å². The molecule has 1 rings (SSSR count). The molecule has 0 aliphatic carbocycles. The molecule has 0 saturated carbocycles. The topological polar surface area (TPSA) is 87.7 Å². The molecule has 0 aromatic carbocycles. The zero-order valence-electron chi connectivity index (χ0n) is 12.6. The van der Waals surface area contributed by atoms with Crippen LogP contribution in [0.1, 0.15) is 34.1 Å². The molecule has 3 amide bonds. The lowest BCUT2D eigenvalue weighted by Gasteiger charge is -2.27. The van der Waals surface area contributed by atoms with Gasteiger partial charge in [-0.1, -0.05) is 0 Å². The Labute approximate surface area is 119 Å². The number of hydrogen-bond acceptors (Lipinski definition) is 4. The van der Waals surface area contributed by atoms with Crippen molar-refractivity contribution in [3.05, 3.63) is 0 Å². The molecule has 0 radical (unpaired) electrons. The van der Waals surface area contributed by atoms with E-state index in [0.29, 0.717) is 13.0 Å². The van der Waals surface area contributed by atoms with Gasteiger partial charge in [-0.2, -0.15) is 0 Å². The molecule has 0 aromatic heterocycles. The van der Waals surface area contributed by atoms with Gasteiger partial charge < -0.3 is 20.3 Å². The normalized spacial score (nSPS) is 20.1. The molecule has 20 heavy (non-hydrogen) atoms. The van der Waals surface area contributed by atoms with Crippen LogP contribution in [-0.4, -0.2) is 54.1 Å². The maximum Gasteiger partial charge on any atom is 0.408 e. The zero-order valence-corrected chi connectivity index (χ0v) is 12.6. The number of carbonyl (C=O) groups excluding carboxylic acids is 3. The third-order valence-corrected chi connectivity index (χ3v) is 2.94. The predicted molar refractivity (Wildman–Crippen MR) is 73.0 cm³/mol. The van der Waals surface area contributed by atoms with Gasteiger partial charge in [-0.25, -0.2) is 4.79 Å². The van der Waals surface area contributed by atoms with E-state index >= 15 is 0 Å². The summed E-state index contributed by atoms with van der Waals surface area (Å²) in [5.41, 5.74) is -0.621. The van der Waals surface area contributed by atoms with Crippen molar-refractivity contribution in [1.29, 1.82) is 0 Å². The smallest absolute Gasteiger partial charge is 0.408 e. The van der Waals surface area contributed by atoms with Gasteiger partial charge in [0.25, 0.3) is 0 Å². The molecule has 0 aromatic rings. The Bertz CT molecular complexity index is 403. The van der Waals surface area contributed by atoms with Crippen molar-refractivity contribution < 1.29 is 19.1 Å². The fourth-order valence-electron chi connectivity index (χ4n) is 1.96. The maximum atomic E-state index is 12.2. The minimum Gasteiger partial charge on any atom is -0.444 e. The van der Waals surface area contributed by atoms with E-state index in [0.717, 1.165) is 0 Å². The first-order valence-electron chi connectivity index (χ1n) is 6.65. The van der Waals surface area contributed by atoms with Crippen LogP contribution in [0.2, 0.25) is 0 Å². The van der Waals surface area contributed by atoms with E-state index in [-0.39, 0.29) is 11.8 Å². The number of carbonyl (C=O) groups is 3. The molecule has 0 unspecified atom stereocenters. The molecule has 1 heterocycles. The number of amides is 3. The molecule has 0 bridgehead atoms. The van der Waals surface area contributed by atoms with Crippen molar-refractivity contribution in [2.75, 3.05) is 13.6 Å². The van der Waals surface area contributed by atoms with Gasteiger partial charge >= 0.3 is 6.09 Å². The minimum absolute atomic E-state index is 0.162. The third kappa shape index (κ3) is 4.40.